The molecule has 5 rings (SSSR count). The lowest BCUT2D eigenvalue weighted by molar-refractivity contribution is -0.127. The number of amides is 1. The molecule has 3 aromatic heterocycles. The minimum atomic E-state index is -0.194. The molecule has 0 bridgehead atoms. The van der Waals surface area contributed by atoms with E-state index in [-0.39, 0.29) is 24.0 Å². The van der Waals surface area contributed by atoms with E-state index in [4.69, 9.17) is 9.97 Å². The third-order valence-corrected chi connectivity index (χ3v) is 8.37. The smallest absolute Gasteiger partial charge is 0.223 e. The first-order valence-corrected chi connectivity index (χ1v) is 13.5. The molecule has 0 aromatic carbocycles. The van der Waals surface area contributed by atoms with Gasteiger partial charge in [-0.25, -0.2) is 15.0 Å². The van der Waals surface area contributed by atoms with Crippen molar-refractivity contribution in [3.8, 4) is 10.6 Å². The Balaban J connectivity index is 1.16. The lowest BCUT2D eigenvalue weighted by Gasteiger charge is -2.30. The fraction of sp³-hybridized carbons (Fsp3) is 0.481. The van der Waals surface area contributed by atoms with Gasteiger partial charge in [-0.1, -0.05) is 6.07 Å². The Morgan fingerprint density at radius 1 is 1.00 bits per heavy atom. The van der Waals surface area contributed by atoms with E-state index in [9.17, 15) is 9.90 Å². The molecule has 2 aliphatic carbocycles. The van der Waals surface area contributed by atoms with Gasteiger partial charge in [0.2, 0.25) is 5.91 Å². The van der Waals surface area contributed by atoms with E-state index in [0.29, 0.717) is 5.92 Å². The summed E-state index contributed by atoms with van der Waals surface area (Å²) < 4.78 is 0. The number of carbonyl (C=O) groups excluding carboxylic acids is 1. The first-order chi connectivity index (χ1) is 17.0. The highest BCUT2D eigenvalue weighted by Crippen LogP contribution is 2.39. The van der Waals surface area contributed by atoms with Gasteiger partial charge in [0.15, 0.2) is 0 Å². The third-order valence-electron chi connectivity index (χ3n) is 7.19. The highest BCUT2D eigenvalue weighted by molar-refractivity contribution is 7.15. The van der Waals surface area contributed by atoms with Crippen LogP contribution in [-0.4, -0.2) is 38.1 Å². The second kappa shape index (κ2) is 10.8. The number of aliphatic hydroxyl groups is 1. The molecule has 0 aliphatic heterocycles. The minimum Gasteiger partial charge on any atom is -0.393 e. The summed E-state index contributed by atoms with van der Waals surface area (Å²) in [5.41, 5.74) is 2.05. The van der Waals surface area contributed by atoms with Crippen LogP contribution < -0.4 is 10.6 Å². The summed E-state index contributed by atoms with van der Waals surface area (Å²) in [5, 5.41) is 17.3. The molecule has 0 unspecified atom stereocenters. The van der Waals surface area contributed by atoms with Gasteiger partial charge in [0.05, 0.1) is 21.7 Å². The van der Waals surface area contributed by atoms with Gasteiger partial charge in [0.25, 0.3) is 0 Å². The van der Waals surface area contributed by atoms with Crippen molar-refractivity contribution in [2.75, 3.05) is 5.32 Å². The number of nitrogens with zero attached hydrogens (tertiary/aromatic N) is 3. The fourth-order valence-electron chi connectivity index (χ4n) is 5.11. The molecule has 7 nitrogen and oxygen atoms in total. The molecule has 2 aliphatic rings. The van der Waals surface area contributed by atoms with Gasteiger partial charge >= 0.3 is 0 Å². The van der Waals surface area contributed by atoms with Gasteiger partial charge in [-0.15, -0.1) is 11.3 Å². The molecule has 0 saturated heterocycles. The first kappa shape index (κ1) is 23.9. The third kappa shape index (κ3) is 6.05. The molecule has 3 N–H and O–H groups in total. The highest BCUT2D eigenvalue weighted by atomic mass is 32.1. The summed E-state index contributed by atoms with van der Waals surface area (Å²) in [4.78, 5) is 27.7. The Kier molecular flexibility index (Phi) is 7.39. The van der Waals surface area contributed by atoms with Crippen LogP contribution in [0.4, 0.5) is 11.6 Å². The molecule has 2 fully saturated rings. The maximum absolute atomic E-state index is 12.8. The van der Waals surface area contributed by atoms with Gasteiger partial charge in [0, 0.05) is 30.3 Å². The highest BCUT2D eigenvalue weighted by Gasteiger charge is 2.30. The number of anilines is 2. The van der Waals surface area contributed by atoms with Crippen LogP contribution in [0.3, 0.4) is 0 Å². The van der Waals surface area contributed by atoms with E-state index in [2.05, 4.69) is 15.6 Å². The summed E-state index contributed by atoms with van der Waals surface area (Å²) in [5.74, 6) is 2.23. The van der Waals surface area contributed by atoms with E-state index in [1.807, 2.05) is 43.5 Å². The van der Waals surface area contributed by atoms with E-state index in [1.165, 1.54) is 0 Å². The molecular formula is C27H33N5O2S. The molecule has 0 spiro atoms. The van der Waals surface area contributed by atoms with Crippen LogP contribution in [-0.2, 0) is 4.79 Å². The number of pyridine rings is 2. The van der Waals surface area contributed by atoms with Crippen LogP contribution in [0.2, 0.25) is 0 Å². The number of hydrogen-bond acceptors (Lipinski definition) is 7. The Hall–Kier alpha value is -2.84. The number of rotatable bonds is 6. The Bertz CT molecular complexity index is 1150. The van der Waals surface area contributed by atoms with Crippen molar-refractivity contribution in [1.82, 2.24) is 20.3 Å². The molecule has 8 heteroatoms. The van der Waals surface area contributed by atoms with Crippen molar-refractivity contribution < 1.29 is 9.90 Å². The molecule has 2 saturated carbocycles. The largest absolute Gasteiger partial charge is 0.393 e. The number of aromatic nitrogens is 3. The second-order valence-corrected chi connectivity index (χ2v) is 10.9. The van der Waals surface area contributed by atoms with Gasteiger partial charge in [0.1, 0.15) is 11.6 Å². The van der Waals surface area contributed by atoms with Crippen molar-refractivity contribution in [2.45, 2.75) is 76.4 Å². The maximum Gasteiger partial charge on any atom is 0.223 e. The molecule has 3 heterocycles. The average molecular weight is 492 g/mol. The topological polar surface area (TPSA) is 100 Å². The molecule has 1 amide bonds. The summed E-state index contributed by atoms with van der Waals surface area (Å²) in [6.45, 7) is 2.04. The molecule has 0 atom stereocenters. The number of aryl methyl sites for hydroxylation is 1. The summed E-state index contributed by atoms with van der Waals surface area (Å²) in [7, 11) is 0. The number of aliphatic hydroxyl groups excluding tert-OH is 1. The SMILES string of the molecule is Cc1ccnc(Nc2cccc(-c3cnc(C4CCC(C(=O)NC5CCC(O)CC5)CC4)s3)n2)c1. The summed E-state index contributed by atoms with van der Waals surface area (Å²) >= 11 is 1.71. The lowest BCUT2D eigenvalue weighted by Crippen LogP contribution is -2.42. The Labute approximate surface area is 210 Å². The van der Waals surface area contributed by atoms with Crippen LogP contribution in [0.25, 0.3) is 10.6 Å². The second-order valence-electron chi connectivity index (χ2n) is 9.88. The van der Waals surface area contributed by atoms with Gasteiger partial charge < -0.3 is 15.7 Å². The normalized spacial score (nSPS) is 24.6. The van der Waals surface area contributed by atoms with Crippen molar-refractivity contribution in [3.63, 3.8) is 0 Å². The molecule has 184 valence electrons. The van der Waals surface area contributed by atoms with E-state index < -0.39 is 0 Å². The predicted octanol–water partition coefficient (Wildman–Crippen LogP) is 5.35. The van der Waals surface area contributed by atoms with E-state index in [0.717, 1.165) is 84.1 Å². The van der Waals surface area contributed by atoms with Crippen LogP contribution in [0.1, 0.15) is 67.9 Å². The molecule has 35 heavy (non-hydrogen) atoms. The van der Waals surface area contributed by atoms with E-state index in [1.54, 1.807) is 17.5 Å². The van der Waals surface area contributed by atoms with Crippen molar-refractivity contribution >= 4 is 28.9 Å². The van der Waals surface area contributed by atoms with Gasteiger partial charge in [-0.3, -0.25) is 4.79 Å². The number of nitrogens with one attached hydrogen (secondary N) is 2. The Morgan fingerprint density at radius 3 is 2.57 bits per heavy atom. The molecule has 0 radical (unpaired) electrons. The van der Waals surface area contributed by atoms with Crippen LogP contribution in [0.15, 0.2) is 42.7 Å². The maximum atomic E-state index is 12.8. The van der Waals surface area contributed by atoms with Gasteiger partial charge in [-0.2, -0.15) is 0 Å². The quantitative estimate of drug-likeness (QED) is 0.430. The number of hydrogen-bond donors (Lipinski definition) is 3. The number of thiazole rings is 1. The monoisotopic (exact) mass is 491 g/mol. The van der Waals surface area contributed by atoms with Crippen LogP contribution in [0, 0.1) is 12.8 Å². The lowest BCUT2D eigenvalue weighted by atomic mass is 9.81. The van der Waals surface area contributed by atoms with Crippen molar-refractivity contribution in [1.29, 1.82) is 0 Å². The minimum absolute atomic E-state index is 0.0946. The van der Waals surface area contributed by atoms with Crippen molar-refractivity contribution in [2.24, 2.45) is 5.92 Å². The fourth-order valence-corrected chi connectivity index (χ4v) is 6.17. The first-order valence-electron chi connectivity index (χ1n) is 12.6. The molecule has 3 aromatic rings. The van der Waals surface area contributed by atoms with Gasteiger partial charge in [-0.05, 0) is 88.1 Å². The predicted molar refractivity (Wildman–Crippen MR) is 139 cm³/mol. The van der Waals surface area contributed by atoms with Crippen LogP contribution in [0.5, 0.6) is 0 Å². The zero-order valence-corrected chi connectivity index (χ0v) is 20.9. The molecular weight excluding hydrogens is 458 g/mol. The average Bonchev–Trinajstić information content (AvgIpc) is 3.36. The van der Waals surface area contributed by atoms with E-state index >= 15 is 0 Å². The Morgan fingerprint density at radius 2 is 1.80 bits per heavy atom. The summed E-state index contributed by atoms with van der Waals surface area (Å²) in [6, 6.07) is 10.1. The zero-order chi connectivity index (χ0) is 24.2. The van der Waals surface area contributed by atoms with Crippen molar-refractivity contribution in [3.05, 3.63) is 53.3 Å². The standard InChI is InChI=1S/C27H33N5O2S/c1-17-13-14-28-25(15-17)32-24-4-2-3-22(31-24)23-16-29-27(35-23)19-7-5-18(6-8-19)26(34)30-20-9-11-21(33)12-10-20/h2-4,13-16,18-21,33H,5-12H2,1H3,(H,30,34)(H,28,31,32). The van der Waals surface area contributed by atoms with Crippen LogP contribution >= 0.6 is 11.3 Å². The number of carbonyl (C=O) groups is 1. The summed E-state index contributed by atoms with van der Waals surface area (Å²) in [6.07, 6.45) is 10.7. The zero-order valence-electron chi connectivity index (χ0n) is 20.1.